The molecule has 0 unspecified atom stereocenters. The van der Waals surface area contributed by atoms with Crippen LogP contribution < -0.4 is 5.32 Å². The van der Waals surface area contributed by atoms with E-state index >= 15 is 0 Å². The summed E-state index contributed by atoms with van der Waals surface area (Å²) >= 11 is 0. The predicted octanol–water partition coefficient (Wildman–Crippen LogP) is 3.75. The molecule has 2 aromatic rings. The molecule has 0 radical (unpaired) electrons. The SMILES string of the molecule is Cc1ccc2nc(N[C@@H]3CCC[C@H]3N(C)C)cc(C)c2c1. The first-order valence-corrected chi connectivity index (χ1v) is 7.85. The summed E-state index contributed by atoms with van der Waals surface area (Å²) in [5, 5.41) is 4.93. The summed E-state index contributed by atoms with van der Waals surface area (Å²) in [7, 11) is 4.35. The first-order chi connectivity index (χ1) is 10.0. The summed E-state index contributed by atoms with van der Waals surface area (Å²) in [6.45, 7) is 4.30. The highest BCUT2D eigenvalue weighted by Crippen LogP contribution is 2.27. The second kappa shape index (κ2) is 5.64. The molecule has 1 heterocycles. The average Bonchev–Trinajstić information content (AvgIpc) is 2.88. The van der Waals surface area contributed by atoms with Gasteiger partial charge in [0.2, 0.25) is 0 Å². The van der Waals surface area contributed by atoms with Gasteiger partial charge in [0, 0.05) is 17.5 Å². The number of benzene rings is 1. The van der Waals surface area contributed by atoms with Crippen LogP contribution in [0.5, 0.6) is 0 Å². The Morgan fingerprint density at radius 3 is 2.71 bits per heavy atom. The number of rotatable bonds is 3. The van der Waals surface area contributed by atoms with Gasteiger partial charge < -0.3 is 10.2 Å². The standard InChI is InChI=1S/C18H25N3/c1-12-8-9-15-14(10-12)13(2)11-18(19-15)20-16-6-5-7-17(16)21(3)4/h8-11,16-17H,5-7H2,1-4H3,(H,19,20)/t16-,17-/m1/s1. The maximum absolute atomic E-state index is 4.80. The number of nitrogens with zero attached hydrogens (tertiary/aromatic N) is 2. The van der Waals surface area contributed by atoms with E-state index in [0.29, 0.717) is 12.1 Å². The van der Waals surface area contributed by atoms with Gasteiger partial charge in [0.1, 0.15) is 5.82 Å². The van der Waals surface area contributed by atoms with E-state index in [4.69, 9.17) is 4.98 Å². The van der Waals surface area contributed by atoms with Gasteiger partial charge in [0.15, 0.2) is 0 Å². The Bertz CT molecular complexity index is 648. The molecule has 3 nitrogen and oxygen atoms in total. The highest BCUT2D eigenvalue weighted by Gasteiger charge is 2.28. The zero-order chi connectivity index (χ0) is 15.0. The fourth-order valence-electron chi connectivity index (χ4n) is 3.50. The van der Waals surface area contributed by atoms with Crippen LogP contribution in [-0.2, 0) is 0 Å². The lowest BCUT2D eigenvalue weighted by Crippen LogP contribution is -2.39. The molecule has 0 spiro atoms. The molecule has 0 bridgehead atoms. The van der Waals surface area contributed by atoms with E-state index in [9.17, 15) is 0 Å². The lowest BCUT2D eigenvalue weighted by Gasteiger charge is -2.27. The summed E-state index contributed by atoms with van der Waals surface area (Å²) in [6.07, 6.45) is 3.80. The lowest BCUT2D eigenvalue weighted by atomic mass is 10.1. The number of hydrogen-bond acceptors (Lipinski definition) is 3. The van der Waals surface area contributed by atoms with Crippen molar-refractivity contribution < 1.29 is 0 Å². The largest absolute Gasteiger partial charge is 0.366 e. The third kappa shape index (κ3) is 2.88. The Kier molecular flexibility index (Phi) is 3.85. The zero-order valence-electron chi connectivity index (χ0n) is 13.5. The maximum Gasteiger partial charge on any atom is 0.127 e. The lowest BCUT2D eigenvalue weighted by molar-refractivity contribution is 0.285. The molecule has 3 heteroatoms. The van der Waals surface area contributed by atoms with E-state index in [1.54, 1.807) is 0 Å². The van der Waals surface area contributed by atoms with Crippen molar-refractivity contribution in [3.63, 3.8) is 0 Å². The molecule has 1 aliphatic carbocycles. The third-order valence-corrected chi connectivity index (χ3v) is 4.65. The summed E-state index contributed by atoms with van der Waals surface area (Å²) in [6, 6.07) is 9.79. The van der Waals surface area contributed by atoms with Gasteiger partial charge in [0.25, 0.3) is 0 Å². The highest BCUT2D eigenvalue weighted by molar-refractivity contribution is 5.84. The molecule has 1 N–H and O–H groups in total. The number of aryl methyl sites for hydroxylation is 2. The zero-order valence-corrected chi connectivity index (χ0v) is 13.5. The van der Waals surface area contributed by atoms with Gasteiger partial charge in [-0.05, 0) is 71.0 Å². The van der Waals surface area contributed by atoms with Crippen LogP contribution in [0, 0.1) is 13.8 Å². The van der Waals surface area contributed by atoms with E-state index < -0.39 is 0 Å². The molecular formula is C18H25N3. The van der Waals surface area contributed by atoms with E-state index in [-0.39, 0.29) is 0 Å². The van der Waals surface area contributed by atoms with Crippen LogP contribution in [0.15, 0.2) is 24.3 Å². The van der Waals surface area contributed by atoms with Gasteiger partial charge >= 0.3 is 0 Å². The maximum atomic E-state index is 4.80. The molecule has 1 saturated carbocycles. The average molecular weight is 283 g/mol. The molecule has 112 valence electrons. The van der Waals surface area contributed by atoms with Crippen LogP contribution in [0.2, 0.25) is 0 Å². The molecule has 21 heavy (non-hydrogen) atoms. The minimum atomic E-state index is 0.509. The third-order valence-electron chi connectivity index (χ3n) is 4.65. The van der Waals surface area contributed by atoms with E-state index in [1.807, 2.05) is 0 Å². The number of aromatic nitrogens is 1. The summed E-state index contributed by atoms with van der Waals surface area (Å²) in [5.41, 5.74) is 3.67. The Balaban J connectivity index is 1.89. The predicted molar refractivity (Wildman–Crippen MR) is 90.0 cm³/mol. The van der Waals surface area contributed by atoms with Crippen LogP contribution >= 0.6 is 0 Å². The molecule has 3 rings (SSSR count). The van der Waals surface area contributed by atoms with Gasteiger partial charge in [-0.3, -0.25) is 0 Å². The first-order valence-electron chi connectivity index (χ1n) is 7.85. The fraction of sp³-hybridized carbons (Fsp3) is 0.500. The molecule has 0 amide bonds. The minimum Gasteiger partial charge on any atom is -0.366 e. The quantitative estimate of drug-likeness (QED) is 0.930. The molecule has 1 fully saturated rings. The molecule has 0 saturated heterocycles. The summed E-state index contributed by atoms with van der Waals surface area (Å²) in [4.78, 5) is 7.14. The van der Waals surface area contributed by atoms with Gasteiger partial charge in [-0.15, -0.1) is 0 Å². The molecule has 0 aliphatic heterocycles. The first kappa shape index (κ1) is 14.3. The smallest absolute Gasteiger partial charge is 0.127 e. The summed E-state index contributed by atoms with van der Waals surface area (Å²) in [5.74, 6) is 1.02. The van der Waals surface area contributed by atoms with E-state index in [2.05, 4.69) is 62.4 Å². The second-order valence-corrected chi connectivity index (χ2v) is 6.56. The fourth-order valence-corrected chi connectivity index (χ4v) is 3.50. The number of hydrogen-bond donors (Lipinski definition) is 1. The summed E-state index contributed by atoms with van der Waals surface area (Å²) < 4.78 is 0. The molecular weight excluding hydrogens is 258 g/mol. The molecule has 2 atom stereocenters. The van der Waals surface area contributed by atoms with Crippen LogP contribution in [0.3, 0.4) is 0 Å². The Hall–Kier alpha value is -1.61. The Morgan fingerprint density at radius 1 is 1.14 bits per heavy atom. The van der Waals surface area contributed by atoms with Crippen molar-refractivity contribution >= 4 is 16.7 Å². The topological polar surface area (TPSA) is 28.2 Å². The highest BCUT2D eigenvalue weighted by atomic mass is 15.2. The number of pyridine rings is 1. The molecule has 1 aliphatic rings. The van der Waals surface area contributed by atoms with Crippen molar-refractivity contribution in [2.24, 2.45) is 0 Å². The Labute approximate surface area is 127 Å². The molecule has 1 aromatic heterocycles. The monoisotopic (exact) mass is 283 g/mol. The second-order valence-electron chi connectivity index (χ2n) is 6.56. The molecule has 1 aromatic carbocycles. The number of anilines is 1. The van der Waals surface area contributed by atoms with E-state index in [0.717, 1.165) is 11.3 Å². The Morgan fingerprint density at radius 2 is 1.95 bits per heavy atom. The van der Waals surface area contributed by atoms with Crippen LogP contribution in [0.1, 0.15) is 30.4 Å². The normalized spacial score (nSPS) is 22.1. The van der Waals surface area contributed by atoms with Crippen molar-refractivity contribution in [1.29, 1.82) is 0 Å². The van der Waals surface area contributed by atoms with Gasteiger partial charge in [-0.2, -0.15) is 0 Å². The van der Waals surface area contributed by atoms with E-state index in [1.165, 1.54) is 35.8 Å². The van der Waals surface area contributed by atoms with Crippen molar-refractivity contribution in [2.75, 3.05) is 19.4 Å². The number of fused-ring (bicyclic) bond motifs is 1. The van der Waals surface area contributed by atoms with Gasteiger partial charge in [-0.25, -0.2) is 4.98 Å². The van der Waals surface area contributed by atoms with Crippen LogP contribution in [0.4, 0.5) is 5.82 Å². The van der Waals surface area contributed by atoms with Crippen LogP contribution in [0.25, 0.3) is 10.9 Å². The van der Waals surface area contributed by atoms with Gasteiger partial charge in [0.05, 0.1) is 5.52 Å². The van der Waals surface area contributed by atoms with Crippen molar-refractivity contribution in [3.8, 4) is 0 Å². The van der Waals surface area contributed by atoms with Crippen molar-refractivity contribution in [3.05, 3.63) is 35.4 Å². The van der Waals surface area contributed by atoms with Crippen molar-refractivity contribution in [2.45, 2.75) is 45.2 Å². The van der Waals surface area contributed by atoms with Crippen LogP contribution in [-0.4, -0.2) is 36.1 Å². The minimum absolute atomic E-state index is 0.509. The number of likely N-dealkylation sites (N-methyl/N-ethyl adjacent to an activating group) is 1. The van der Waals surface area contributed by atoms with Crippen molar-refractivity contribution in [1.82, 2.24) is 9.88 Å². The van der Waals surface area contributed by atoms with Gasteiger partial charge in [-0.1, -0.05) is 11.6 Å². The number of nitrogens with one attached hydrogen (secondary N) is 1.